The zero-order chi connectivity index (χ0) is 24.9. The molecule has 0 bridgehead atoms. The van der Waals surface area contributed by atoms with E-state index in [1.165, 1.54) is 22.3 Å². The van der Waals surface area contributed by atoms with Gasteiger partial charge in [-0.3, -0.25) is 0 Å². The van der Waals surface area contributed by atoms with Crippen LogP contribution in [0.2, 0.25) is 0 Å². The molecule has 176 valence electrons. The molecular weight excluding hydrogens is 438 g/mol. The summed E-state index contributed by atoms with van der Waals surface area (Å²) in [6.07, 6.45) is 5.64. The number of furan rings is 1. The third-order valence-electron chi connectivity index (χ3n) is 7.47. The Hall–Kier alpha value is -4.30. The van der Waals surface area contributed by atoms with Gasteiger partial charge in [-0.05, 0) is 53.5 Å². The first-order valence-electron chi connectivity index (χ1n) is 12.4. The van der Waals surface area contributed by atoms with E-state index in [9.17, 15) is 0 Å². The Balaban J connectivity index is 1.36. The van der Waals surface area contributed by atoms with Crippen molar-refractivity contribution in [2.75, 3.05) is 5.32 Å². The van der Waals surface area contributed by atoms with Crippen LogP contribution in [0.1, 0.15) is 36.3 Å². The van der Waals surface area contributed by atoms with E-state index in [0.29, 0.717) is 0 Å². The molecule has 0 saturated carbocycles. The van der Waals surface area contributed by atoms with Crippen molar-refractivity contribution in [3.05, 3.63) is 126 Å². The molecule has 36 heavy (non-hydrogen) atoms. The molecule has 0 unspecified atom stereocenters. The summed E-state index contributed by atoms with van der Waals surface area (Å²) in [6, 6.07) is 30.3. The fraction of sp³-hybridized carbons (Fsp3) is 0.118. The molecule has 5 aromatic rings. The van der Waals surface area contributed by atoms with Crippen molar-refractivity contribution in [2.45, 2.75) is 26.2 Å². The number of para-hydroxylation sites is 1. The molecule has 1 heterocycles. The molecule has 0 aliphatic heterocycles. The van der Waals surface area contributed by atoms with E-state index < -0.39 is 0 Å². The minimum absolute atomic E-state index is 0.00690. The van der Waals surface area contributed by atoms with E-state index in [1.54, 1.807) is 6.08 Å². The summed E-state index contributed by atoms with van der Waals surface area (Å²) < 4.78 is 6.27. The van der Waals surface area contributed by atoms with Crippen LogP contribution in [0.4, 0.5) is 11.4 Å². The van der Waals surface area contributed by atoms with E-state index in [2.05, 4.69) is 118 Å². The van der Waals surface area contributed by atoms with Gasteiger partial charge in [-0.1, -0.05) is 99.3 Å². The van der Waals surface area contributed by atoms with Gasteiger partial charge in [-0.2, -0.15) is 0 Å². The predicted molar refractivity (Wildman–Crippen MR) is 153 cm³/mol. The van der Waals surface area contributed by atoms with Crippen LogP contribution < -0.4 is 5.32 Å². The standard InChI is InChI=1S/C34H29NO/c1-5-6-17-31-22(2)25-12-9-13-26(33(25)36-31)23-18-20-24(21-19-23)35-30-16-10-15-29-32(30)27-11-7-8-14-28(27)34(29,3)4/h5-21,35H,1H2,2-4H3/b17-6-. The number of aryl methyl sites for hydroxylation is 1. The molecule has 1 aromatic heterocycles. The predicted octanol–water partition coefficient (Wildman–Crippen LogP) is 9.66. The average Bonchev–Trinajstić information content (AvgIpc) is 3.35. The Morgan fingerprint density at radius 2 is 1.53 bits per heavy atom. The maximum Gasteiger partial charge on any atom is 0.142 e. The fourth-order valence-electron chi connectivity index (χ4n) is 5.55. The first kappa shape index (κ1) is 22.2. The van der Waals surface area contributed by atoms with Gasteiger partial charge >= 0.3 is 0 Å². The SMILES string of the molecule is C=C/C=C\c1oc2c(-c3ccc(Nc4cccc5c4-c4ccccc4C5(C)C)cc3)cccc2c1C. The second kappa shape index (κ2) is 8.42. The lowest BCUT2D eigenvalue weighted by atomic mass is 9.82. The number of anilines is 2. The summed E-state index contributed by atoms with van der Waals surface area (Å²) in [4.78, 5) is 0. The molecule has 2 nitrogen and oxygen atoms in total. The van der Waals surface area contributed by atoms with E-state index >= 15 is 0 Å². The number of rotatable bonds is 5. The average molecular weight is 468 g/mol. The van der Waals surface area contributed by atoms with Crippen LogP contribution in [0.3, 0.4) is 0 Å². The van der Waals surface area contributed by atoms with Crippen molar-refractivity contribution >= 4 is 28.4 Å². The third-order valence-corrected chi connectivity index (χ3v) is 7.47. The van der Waals surface area contributed by atoms with Gasteiger partial charge in [0.15, 0.2) is 0 Å². The van der Waals surface area contributed by atoms with Gasteiger partial charge in [0.05, 0.1) is 0 Å². The Morgan fingerprint density at radius 3 is 2.33 bits per heavy atom. The molecule has 0 radical (unpaired) electrons. The maximum atomic E-state index is 6.27. The van der Waals surface area contributed by atoms with E-state index in [-0.39, 0.29) is 5.41 Å². The number of fused-ring (bicyclic) bond motifs is 4. The molecule has 0 fully saturated rings. The highest BCUT2D eigenvalue weighted by Gasteiger charge is 2.36. The van der Waals surface area contributed by atoms with Crippen LogP contribution in [0.5, 0.6) is 0 Å². The van der Waals surface area contributed by atoms with Crippen molar-refractivity contribution in [3.8, 4) is 22.3 Å². The molecule has 1 N–H and O–H groups in total. The lowest BCUT2D eigenvalue weighted by Gasteiger charge is -2.21. The molecule has 0 spiro atoms. The highest BCUT2D eigenvalue weighted by atomic mass is 16.3. The van der Waals surface area contributed by atoms with Crippen LogP contribution in [0.25, 0.3) is 39.3 Å². The van der Waals surface area contributed by atoms with Gasteiger partial charge in [0.1, 0.15) is 11.3 Å². The number of nitrogens with one attached hydrogen (secondary N) is 1. The summed E-state index contributed by atoms with van der Waals surface area (Å²) in [6.45, 7) is 10.5. The summed E-state index contributed by atoms with van der Waals surface area (Å²) in [5, 5.41) is 4.83. The molecule has 0 amide bonds. The quantitative estimate of drug-likeness (QED) is 0.260. The smallest absolute Gasteiger partial charge is 0.142 e. The van der Waals surface area contributed by atoms with Gasteiger partial charge in [0.2, 0.25) is 0 Å². The van der Waals surface area contributed by atoms with Crippen LogP contribution in [0.15, 0.2) is 108 Å². The van der Waals surface area contributed by atoms with Crippen LogP contribution >= 0.6 is 0 Å². The third kappa shape index (κ3) is 3.41. The van der Waals surface area contributed by atoms with Crippen LogP contribution in [-0.4, -0.2) is 0 Å². The van der Waals surface area contributed by atoms with Crippen molar-refractivity contribution in [3.63, 3.8) is 0 Å². The highest BCUT2D eigenvalue weighted by Crippen LogP contribution is 2.51. The monoisotopic (exact) mass is 467 g/mol. The van der Waals surface area contributed by atoms with E-state index in [0.717, 1.165) is 44.8 Å². The van der Waals surface area contributed by atoms with E-state index in [4.69, 9.17) is 4.42 Å². The second-order valence-electron chi connectivity index (χ2n) is 9.97. The fourth-order valence-corrected chi connectivity index (χ4v) is 5.55. The molecular formula is C34H29NO. The van der Waals surface area contributed by atoms with Gasteiger partial charge in [0.25, 0.3) is 0 Å². The number of hydrogen-bond acceptors (Lipinski definition) is 2. The lowest BCUT2D eigenvalue weighted by molar-refractivity contribution is 0.602. The Labute approximate surface area is 212 Å². The van der Waals surface area contributed by atoms with Gasteiger partial charge in [-0.25, -0.2) is 0 Å². The molecule has 1 aliphatic carbocycles. The largest absolute Gasteiger partial charge is 0.456 e. The summed E-state index contributed by atoms with van der Waals surface area (Å²) in [7, 11) is 0. The Bertz CT molecular complexity index is 1650. The minimum atomic E-state index is -0.00690. The van der Waals surface area contributed by atoms with Crippen molar-refractivity contribution < 1.29 is 4.42 Å². The highest BCUT2D eigenvalue weighted by molar-refractivity contribution is 5.96. The molecule has 0 atom stereocenters. The van der Waals surface area contributed by atoms with Gasteiger partial charge in [0, 0.05) is 38.9 Å². The minimum Gasteiger partial charge on any atom is -0.456 e. The number of benzene rings is 4. The summed E-state index contributed by atoms with van der Waals surface area (Å²) in [5.74, 6) is 0.872. The lowest BCUT2D eigenvalue weighted by Crippen LogP contribution is -2.14. The van der Waals surface area contributed by atoms with Crippen molar-refractivity contribution in [1.82, 2.24) is 0 Å². The van der Waals surface area contributed by atoms with Crippen LogP contribution in [-0.2, 0) is 5.41 Å². The zero-order valence-electron chi connectivity index (χ0n) is 20.9. The Morgan fingerprint density at radius 1 is 0.806 bits per heavy atom. The van der Waals surface area contributed by atoms with Crippen LogP contribution in [0, 0.1) is 6.92 Å². The molecule has 1 aliphatic rings. The normalized spacial score (nSPS) is 13.6. The number of allylic oxidation sites excluding steroid dienone is 2. The molecule has 6 rings (SSSR count). The first-order valence-corrected chi connectivity index (χ1v) is 12.4. The van der Waals surface area contributed by atoms with Gasteiger partial charge < -0.3 is 9.73 Å². The second-order valence-corrected chi connectivity index (χ2v) is 9.97. The van der Waals surface area contributed by atoms with Gasteiger partial charge in [-0.15, -0.1) is 0 Å². The summed E-state index contributed by atoms with van der Waals surface area (Å²) in [5.41, 5.74) is 11.8. The van der Waals surface area contributed by atoms with Crippen molar-refractivity contribution in [1.29, 1.82) is 0 Å². The summed E-state index contributed by atoms with van der Waals surface area (Å²) >= 11 is 0. The Kier molecular flexibility index (Phi) is 5.19. The first-order chi connectivity index (χ1) is 17.5. The topological polar surface area (TPSA) is 25.2 Å². The van der Waals surface area contributed by atoms with Crippen molar-refractivity contribution in [2.24, 2.45) is 0 Å². The molecule has 0 saturated heterocycles. The molecule has 2 heteroatoms. The maximum absolute atomic E-state index is 6.27. The van der Waals surface area contributed by atoms with E-state index in [1.807, 2.05) is 12.2 Å². The number of hydrogen-bond donors (Lipinski definition) is 1. The molecule has 4 aromatic carbocycles. The zero-order valence-corrected chi connectivity index (χ0v) is 20.9.